The highest BCUT2D eigenvalue weighted by molar-refractivity contribution is 7.10. The lowest BCUT2D eigenvalue weighted by atomic mass is 10.0. The minimum Gasteiger partial charge on any atom is -0.495 e. The number of hydrogen-bond donors (Lipinski definition) is 1. The van der Waals surface area contributed by atoms with Gasteiger partial charge in [-0.05, 0) is 41.6 Å². The standard InChI is InChI=1S/C15H18O4S/c1-9-7-12(18-3)13(19-4)8-10(9)14(16)15-11(17-2)5-6-20-15/h5-8,14,16H,1-4H3. The first-order chi connectivity index (χ1) is 9.62. The van der Waals surface area contributed by atoms with Gasteiger partial charge in [-0.15, -0.1) is 11.3 Å². The second-order valence-corrected chi connectivity index (χ2v) is 5.27. The lowest BCUT2D eigenvalue weighted by Crippen LogP contribution is -2.03. The van der Waals surface area contributed by atoms with E-state index in [4.69, 9.17) is 14.2 Å². The Morgan fingerprint density at radius 1 is 1.00 bits per heavy atom. The summed E-state index contributed by atoms with van der Waals surface area (Å²) in [6.45, 7) is 1.93. The molecule has 0 bridgehead atoms. The number of aliphatic hydroxyl groups is 1. The third kappa shape index (κ3) is 2.59. The predicted octanol–water partition coefficient (Wildman–Crippen LogP) is 3.16. The van der Waals surface area contributed by atoms with Gasteiger partial charge in [-0.25, -0.2) is 0 Å². The molecule has 1 aromatic carbocycles. The normalized spacial score (nSPS) is 12.1. The van der Waals surface area contributed by atoms with Crippen LogP contribution in [-0.4, -0.2) is 26.4 Å². The number of methoxy groups -OCH3 is 3. The van der Waals surface area contributed by atoms with Crippen molar-refractivity contribution in [2.45, 2.75) is 13.0 Å². The zero-order chi connectivity index (χ0) is 14.7. The maximum Gasteiger partial charge on any atom is 0.161 e. The van der Waals surface area contributed by atoms with E-state index >= 15 is 0 Å². The fraction of sp³-hybridized carbons (Fsp3) is 0.333. The molecule has 1 atom stereocenters. The van der Waals surface area contributed by atoms with Crippen molar-refractivity contribution in [1.29, 1.82) is 0 Å². The first kappa shape index (κ1) is 14.7. The second kappa shape index (κ2) is 6.15. The maximum absolute atomic E-state index is 10.6. The zero-order valence-corrected chi connectivity index (χ0v) is 12.8. The van der Waals surface area contributed by atoms with Crippen LogP contribution in [0.15, 0.2) is 23.6 Å². The topological polar surface area (TPSA) is 47.9 Å². The largest absolute Gasteiger partial charge is 0.495 e. The van der Waals surface area contributed by atoms with Crippen LogP contribution in [0.5, 0.6) is 17.2 Å². The van der Waals surface area contributed by atoms with Crippen molar-refractivity contribution < 1.29 is 19.3 Å². The van der Waals surface area contributed by atoms with E-state index in [-0.39, 0.29) is 0 Å². The van der Waals surface area contributed by atoms with Gasteiger partial charge in [-0.2, -0.15) is 0 Å². The smallest absolute Gasteiger partial charge is 0.161 e. The average Bonchev–Trinajstić information content (AvgIpc) is 2.94. The molecule has 0 amide bonds. The molecule has 1 aromatic heterocycles. The lowest BCUT2D eigenvalue weighted by Gasteiger charge is -2.17. The van der Waals surface area contributed by atoms with Crippen LogP contribution in [0.1, 0.15) is 22.1 Å². The number of ether oxygens (including phenoxy) is 3. The van der Waals surface area contributed by atoms with Gasteiger partial charge in [0.1, 0.15) is 11.9 Å². The van der Waals surface area contributed by atoms with Crippen LogP contribution in [0.4, 0.5) is 0 Å². The van der Waals surface area contributed by atoms with Crippen molar-refractivity contribution in [3.8, 4) is 17.2 Å². The second-order valence-electron chi connectivity index (χ2n) is 4.32. The van der Waals surface area contributed by atoms with Crippen molar-refractivity contribution in [2.75, 3.05) is 21.3 Å². The van der Waals surface area contributed by atoms with Gasteiger partial charge >= 0.3 is 0 Å². The predicted molar refractivity (Wildman–Crippen MR) is 79.2 cm³/mol. The highest BCUT2D eigenvalue weighted by atomic mass is 32.1. The fourth-order valence-corrected chi connectivity index (χ4v) is 2.97. The summed E-state index contributed by atoms with van der Waals surface area (Å²) in [6, 6.07) is 5.51. The molecule has 2 rings (SSSR count). The summed E-state index contributed by atoms with van der Waals surface area (Å²) in [7, 11) is 4.77. The van der Waals surface area contributed by atoms with Gasteiger partial charge in [0, 0.05) is 0 Å². The molecule has 1 heterocycles. The molecule has 1 unspecified atom stereocenters. The van der Waals surface area contributed by atoms with E-state index in [0.29, 0.717) is 17.2 Å². The molecule has 1 N–H and O–H groups in total. The zero-order valence-electron chi connectivity index (χ0n) is 12.0. The molecule has 4 nitrogen and oxygen atoms in total. The Morgan fingerprint density at radius 2 is 1.60 bits per heavy atom. The highest BCUT2D eigenvalue weighted by Gasteiger charge is 2.21. The SMILES string of the molecule is COc1cc(C)c(C(O)c2sccc2OC)cc1OC. The molecular weight excluding hydrogens is 276 g/mol. The van der Waals surface area contributed by atoms with Crippen LogP contribution < -0.4 is 14.2 Å². The van der Waals surface area contributed by atoms with Crippen LogP contribution in [0.3, 0.4) is 0 Å². The van der Waals surface area contributed by atoms with Gasteiger partial charge in [0.2, 0.25) is 0 Å². The molecule has 5 heteroatoms. The molecule has 0 radical (unpaired) electrons. The lowest BCUT2D eigenvalue weighted by molar-refractivity contribution is 0.217. The number of benzene rings is 1. The number of thiophene rings is 1. The third-order valence-corrected chi connectivity index (χ3v) is 4.14. The Kier molecular flexibility index (Phi) is 4.52. The van der Waals surface area contributed by atoms with E-state index in [2.05, 4.69) is 0 Å². The monoisotopic (exact) mass is 294 g/mol. The molecule has 0 aliphatic heterocycles. The Bertz CT molecular complexity index is 592. The van der Waals surface area contributed by atoms with Crippen LogP contribution in [-0.2, 0) is 0 Å². The number of aryl methyl sites for hydroxylation is 1. The first-order valence-corrected chi connectivity index (χ1v) is 7.02. The molecule has 0 saturated heterocycles. The summed E-state index contributed by atoms with van der Waals surface area (Å²) in [6.07, 6.45) is -0.746. The summed E-state index contributed by atoms with van der Waals surface area (Å²) in [4.78, 5) is 0.780. The number of hydrogen-bond acceptors (Lipinski definition) is 5. The fourth-order valence-electron chi connectivity index (χ4n) is 2.11. The van der Waals surface area contributed by atoms with E-state index in [9.17, 15) is 5.11 Å². The van der Waals surface area contributed by atoms with E-state index in [1.807, 2.05) is 24.4 Å². The number of rotatable bonds is 5. The highest BCUT2D eigenvalue weighted by Crippen LogP contribution is 2.39. The molecule has 20 heavy (non-hydrogen) atoms. The molecule has 0 spiro atoms. The van der Waals surface area contributed by atoms with Gasteiger partial charge in [-0.3, -0.25) is 0 Å². The molecule has 0 saturated carbocycles. The molecule has 0 fully saturated rings. The van der Waals surface area contributed by atoms with E-state index in [1.54, 1.807) is 27.4 Å². The maximum atomic E-state index is 10.6. The Hall–Kier alpha value is -1.72. The summed E-state index contributed by atoms with van der Waals surface area (Å²) >= 11 is 1.46. The third-order valence-electron chi connectivity index (χ3n) is 3.19. The Labute approximate surface area is 122 Å². The van der Waals surface area contributed by atoms with Gasteiger partial charge in [0.15, 0.2) is 11.5 Å². The Balaban J connectivity index is 2.46. The van der Waals surface area contributed by atoms with Crippen molar-refractivity contribution in [1.82, 2.24) is 0 Å². The van der Waals surface area contributed by atoms with Gasteiger partial charge in [0.25, 0.3) is 0 Å². The van der Waals surface area contributed by atoms with Crippen molar-refractivity contribution >= 4 is 11.3 Å². The summed E-state index contributed by atoms with van der Waals surface area (Å²) in [5, 5.41) is 12.5. The first-order valence-electron chi connectivity index (χ1n) is 6.14. The van der Waals surface area contributed by atoms with Crippen LogP contribution in [0.2, 0.25) is 0 Å². The molecule has 0 aliphatic rings. The van der Waals surface area contributed by atoms with Crippen molar-refractivity contribution in [3.63, 3.8) is 0 Å². The van der Waals surface area contributed by atoms with E-state index in [1.165, 1.54) is 11.3 Å². The van der Waals surface area contributed by atoms with Gasteiger partial charge in [0.05, 0.1) is 26.2 Å². The summed E-state index contributed by atoms with van der Waals surface area (Å²) < 4.78 is 15.8. The average molecular weight is 294 g/mol. The van der Waals surface area contributed by atoms with E-state index < -0.39 is 6.10 Å². The van der Waals surface area contributed by atoms with Crippen LogP contribution in [0.25, 0.3) is 0 Å². The van der Waals surface area contributed by atoms with Gasteiger partial charge in [-0.1, -0.05) is 0 Å². The minimum atomic E-state index is -0.746. The summed E-state index contributed by atoms with van der Waals surface area (Å²) in [5.41, 5.74) is 1.72. The number of aliphatic hydroxyl groups excluding tert-OH is 1. The molecular formula is C15H18O4S. The minimum absolute atomic E-state index is 0.600. The molecule has 108 valence electrons. The summed E-state index contributed by atoms with van der Waals surface area (Å²) in [5.74, 6) is 1.94. The van der Waals surface area contributed by atoms with Crippen molar-refractivity contribution in [3.05, 3.63) is 39.6 Å². The van der Waals surface area contributed by atoms with Gasteiger partial charge < -0.3 is 19.3 Å². The van der Waals surface area contributed by atoms with E-state index in [0.717, 1.165) is 16.0 Å². The van der Waals surface area contributed by atoms with Crippen molar-refractivity contribution in [2.24, 2.45) is 0 Å². The molecule has 0 aliphatic carbocycles. The quantitative estimate of drug-likeness (QED) is 0.920. The van der Waals surface area contributed by atoms with Crippen LogP contribution >= 0.6 is 11.3 Å². The Morgan fingerprint density at radius 3 is 2.20 bits per heavy atom. The molecule has 2 aromatic rings. The van der Waals surface area contributed by atoms with Crippen LogP contribution in [0, 0.1) is 6.92 Å².